The normalized spacial score (nSPS) is 28.7. The molecule has 0 aliphatic carbocycles. The third-order valence-corrected chi connectivity index (χ3v) is 4.10. The Morgan fingerprint density at radius 1 is 1.29 bits per heavy atom. The first-order valence-electron chi connectivity index (χ1n) is 6.91. The van der Waals surface area contributed by atoms with Crippen LogP contribution >= 0.6 is 0 Å². The molecule has 1 N–H and O–H groups in total. The van der Waals surface area contributed by atoms with E-state index in [2.05, 4.69) is 17.1 Å². The molecule has 0 aromatic carbocycles. The van der Waals surface area contributed by atoms with Gasteiger partial charge in [0.1, 0.15) is 0 Å². The number of likely N-dealkylation sites (tertiary alicyclic amines) is 2. The van der Waals surface area contributed by atoms with Crippen LogP contribution in [0.15, 0.2) is 0 Å². The summed E-state index contributed by atoms with van der Waals surface area (Å²) in [7, 11) is 1.89. The third kappa shape index (κ3) is 3.19. The third-order valence-electron chi connectivity index (χ3n) is 4.10. The van der Waals surface area contributed by atoms with Crippen molar-refractivity contribution >= 4 is 5.91 Å². The highest BCUT2D eigenvalue weighted by Gasteiger charge is 2.29. The van der Waals surface area contributed by atoms with Crippen molar-refractivity contribution in [2.24, 2.45) is 0 Å². The zero-order valence-electron chi connectivity index (χ0n) is 11.1. The van der Waals surface area contributed by atoms with Crippen molar-refractivity contribution in [2.45, 2.75) is 44.7 Å². The van der Waals surface area contributed by atoms with Gasteiger partial charge < -0.3 is 10.2 Å². The highest BCUT2D eigenvalue weighted by molar-refractivity contribution is 5.83. The Morgan fingerprint density at radius 3 is 2.59 bits per heavy atom. The number of hydrogen-bond donors (Lipinski definition) is 1. The van der Waals surface area contributed by atoms with Gasteiger partial charge in [0.25, 0.3) is 0 Å². The molecule has 2 aliphatic heterocycles. The van der Waals surface area contributed by atoms with Gasteiger partial charge >= 0.3 is 0 Å². The second kappa shape index (κ2) is 5.83. The molecular weight excluding hydrogens is 214 g/mol. The standard InChI is InChI=1S/C13H25N3O/c1-11(16-7-4-3-5-8-16)10-14-12-6-9-15(2)13(12)17/h11-12,14H,3-10H2,1-2H3. The van der Waals surface area contributed by atoms with Crippen LogP contribution in [-0.4, -0.2) is 61.0 Å². The fourth-order valence-corrected chi connectivity index (χ4v) is 2.81. The smallest absolute Gasteiger partial charge is 0.239 e. The predicted molar refractivity (Wildman–Crippen MR) is 68.9 cm³/mol. The number of likely N-dealkylation sites (N-methyl/N-ethyl adjacent to an activating group) is 1. The number of rotatable bonds is 4. The maximum absolute atomic E-state index is 11.7. The quantitative estimate of drug-likeness (QED) is 0.784. The molecule has 0 spiro atoms. The summed E-state index contributed by atoms with van der Waals surface area (Å²) in [5, 5.41) is 3.43. The lowest BCUT2D eigenvalue weighted by Crippen LogP contribution is -2.47. The van der Waals surface area contributed by atoms with Crippen molar-refractivity contribution in [1.29, 1.82) is 0 Å². The fraction of sp³-hybridized carbons (Fsp3) is 0.923. The summed E-state index contributed by atoms with van der Waals surface area (Å²) in [6, 6.07) is 0.612. The molecular formula is C13H25N3O. The van der Waals surface area contributed by atoms with Crippen molar-refractivity contribution in [3.8, 4) is 0 Å². The molecule has 2 fully saturated rings. The molecule has 2 aliphatic rings. The van der Waals surface area contributed by atoms with E-state index in [1.807, 2.05) is 11.9 Å². The minimum atomic E-state index is 0.0623. The van der Waals surface area contributed by atoms with Gasteiger partial charge in [-0.15, -0.1) is 0 Å². The molecule has 1 amide bonds. The average molecular weight is 239 g/mol. The Kier molecular flexibility index (Phi) is 4.40. The molecule has 0 radical (unpaired) electrons. The molecule has 2 rings (SSSR count). The van der Waals surface area contributed by atoms with Crippen LogP contribution in [0, 0.1) is 0 Å². The highest BCUT2D eigenvalue weighted by Crippen LogP contribution is 2.13. The van der Waals surface area contributed by atoms with Gasteiger partial charge in [0.2, 0.25) is 5.91 Å². The van der Waals surface area contributed by atoms with Gasteiger partial charge in [0.15, 0.2) is 0 Å². The van der Waals surface area contributed by atoms with Crippen LogP contribution in [0.3, 0.4) is 0 Å². The molecule has 17 heavy (non-hydrogen) atoms. The van der Waals surface area contributed by atoms with Crippen LogP contribution in [-0.2, 0) is 4.79 Å². The van der Waals surface area contributed by atoms with E-state index in [9.17, 15) is 4.79 Å². The fourth-order valence-electron chi connectivity index (χ4n) is 2.81. The molecule has 0 saturated carbocycles. The van der Waals surface area contributed by atoms with E-state index < -0.39 is 0 Å². The lowest BCUT2D eigenvalue weighted by Gasteiger charge is -2.33. The van der Waals surface area contributed by atoms with E-state index in [1.165, 1.54) is 32.4 Å². The maximum Gasteiger partial charge on any atom is 0.239 e. The minimum absolute atomic E-state index is 0.0623. The molecule has 2 unspecified atom stereocenters. The molecule has 2 saturated heterocycles. The average Bonchev–Trinajstić information content (AvgIpc) is 2.68. The molecule has 2 heterocycles. The minimum Gasteiger partial charge on any atom is -0.344 e. The van der Waals surface area contributed by atoms with Crippen molar-refractivity contribution < 1.29 is 4.79 Å². The lowest BCUT2D eigenvalue weighted by atomic mass is 10.1. The van der Waals surface area contributed by atoms with Gasteiger partial charge in [-0.05, 0) is 39.3 Å². The molecule has 0 aromatic rings. The van der Waals surface area contributed by atoms with Gasteiger partial charge in [-0.3, -0.25) is 9.69 Å². The van der Waals surface area contributed by atoms with Gasteiger partial charge in [0, 0.05) is 26.2 Å². The summed E-state index contributed by atoms with van der Waals surface area (Å²) < 4.78 is 0. The second-order valence-electron chi connectivity index (χ2n) is 5.45. The first-order chi connectivity index (χ1) is 8.18. The number of hydrogen-bond acceptors (Lipinski definition) is 3. The molecule has 4 nitrogen and oxygen atoms in total. The lowest BCUT2D eigenvalue weighted by molar-refractivity contribution is -0.128. The van der Waals surface area contributed by atoms with Crippen molar-refractivity contribution in [3.63, 3.8) is 0 Å². The zero-order chi connectivity index (χ0) is 12.3. The number of carbonyl (C=O) groups is 1. The first-order valence-corrected chi connectivity index (χ1v) is 6.91. The van der Waals surface area contributed by atoms with E-state index in [0.29, 0.717) is 6.04 Å². The topological polar surface area (TPSA) is 35.6 Å². The van der Waals surface area contributed by atoms with Crippen molar-refractivity contribution in [3.05, 3.63) is 0 Å². The van der Waals surface area contributed by atoms with Crippen LogP contribution in [0.4, 0.5) is 0 Å². The molecule has 4 heteroatoms. The Hall–Kier alpha value is -0.610. The Morgan fingerprint density at radius 2 is 2.00 bits per heavy atom. The molecule has 2 atom stereocenters. The largest absolute Gasteiger partial charge is 0.344 e. The molecule has 0 aromatic heterocycles. The molecule has 0 bridgehead atoms. The van der Waals surface area contributed by atoms with Crippen LogP contribution in [0.25, 0.3) is 0 Å². The van der Waals surface area contributed by atoms with Crippen LogP contribution in [0.5, 0.6) is 0 Å². The number of carbonyl (C=O) groups excluding carboxylic acids is 1. The number of piperidine rings is 1. The summed E-state index contributed by atoms with van der Waals surface area (Å²) >= 11 is 0. The SMILES string of the molecule is CC(CNC1CCN(C)C1=O)N1CCCCC1. The van der Waals surface area contributed by atoms with E-state index in [-0.39, 0.29) is 11.9 Å². The van der Waals surface area contributed by atoms with Crippen molar-refractivity contribution in [1.82, 2.24) is 15.1 Å². The van der Waals surface area contributed by atoms with E-state index in [0.717, 1.165) is 19.5 Å². The van der Waals surface area contributed by atoms with Crippen LogP contribution in [0.2, 0.25) is 0 Å². The van der Waals surface area contributed by atoms with Gasteiger partial charge in [-0.2, -0.15) is 0 Å². The van der Waals surface area contributed by atoms with E-state index in [1.54, 1.807) is 0 Å². The van der Waals surface area contributed by atoms with Crippen LogP contribution < -0.4 is 5.32 Å². The zero-order valence-corrected chi connectivity index (χ0v) is 11.1. The monoisotopic (exact) mass is 239 g/mol. The summed E-state index contributed by atoms with van der Waals surface area (Å²) in [4.78, 5) is 16.1. The van der Waals surface area contributed by atoms with Crippen molar-refractivity contribution in [2.75, 3.05) is 33.2 Å². The highest BCUT2D eigenvalue weighted by atomic mass is 16.2. The maximum atomic E-state index is 11.7. The number of nitrogens with zero attached hydrogens (tertiary/aromatic N) is 2. The first kappa shape index (κ1) is 12.8. The number of amides is 1. The number of nitrogens with one attached hydrogen (secondary N) is 1. The van der Waals surface area contributed by atoms with Gasteiger partial charge in [0.05, 0.1) is 6.04 Å². The summed E-state index contributed by atoms with van der Waals surface area (Å²) in [5.74, 6) is 0.260. The van der Waals surface area contributed by atoms with Gasteiger partial charge in [-0.1, -0.05) is 6.42 Å². The Balaban J connectivity index is 1.72. The Labute approximate surface area is 104 Å². The summed E-state index contributed by atoms with van der Waals surface area (Å²) in [6.07, 6.45) is 5.00. The molecule has 98 valence electrons. The summed E-state index contributed by atoms with van der Waals surface area (Å²) in [5.41, 5.74) is 0. The van der Waals surface area contributed by atoms with E-state index in [4.69, 9.17) is 0 Å². The van der Waals surface area contributed by atoms with Crippen LogP contribution in [0.1, 0.15) is 32.6 Å². The predicted octanol–water partition coefficient (Wildman–Crippen LogP) is 0.681. The van der Waals surface area contributed by atoms with Gasteiger partial charge in [-0.25, -0.2) is 0 Å². The Bertz CT molecular complexity index is 263. The second-order valence-corrected chi connectivity index (χ2v) is 5.45. The van der Waals surface area contributed by atoms with E-state index >= 15 is 0 Å². The summed E-state index contributed by atoms with van der Waals surface area (Å²) in [6.45, 7) is 6.54.